The van der Waals surface area contributed by atoms with Gasteiger partial charge in [-0.2, -0.15) is 0 Å². The van der Waals surface area contributed by atoms with Crippen molar-refractivity contribution in [1.82, 2.24) is 14.9 Å². The lowest BCUT2D eigenvalue weighted by molar-refractivity contribution is -0.122. The SMILES string of the molecule is Nc1nccc(-c2ccc(NC(=O)C(c3ccccc3)N3CCC(O)CC3)cc2)n1. The van der Waals surface area contributed by atoms with Gasteiger partial charge in [0, 0.05) is 30.5 Å². The second-order valence-corrected chi connectivity index (χ2v) is 7.45. The minimum atomic E-state index is -0.403. The number of hydrogen-bond acceptors (Lipinski definition) is 6. The summed E-state index contributed by atoms with van der Waals surface area (Å²) in [6, 6.07) is 18.7. The summed E-state index contributed by atoms with van der Waals surface area (Å²) < 4.78 is 0. The van der Waals surface area contributed by atoms with Gasteiger partial charge in [0.2, 0.25) is 11.9 Å². The zero-order chi connectivity index (χ0) is 20.9. The normalized spacial score (nSPS) is 16.2. The Morgan fingerprint density at radius 1 is 1.07 bits per heavy atom. The second kappa shape index (κ2) is 9.02. The van der Waals surface area contributed by atoms with Crippen molar-refractivity contribution < 1.29 is 9.90 Å². The molecule has 7 nitrogen and oxygen atoms in total. The summed E-state index contributed by atoms with van der Waals surface area (Å²) in [4.78, 5) is 23.5. The van der Waals surface area contributed by atoms with E-state index in [1.165, 1.54) is 0 Å². The van der Waals surface area contributed by atoms with Gasteiger partial charge in [0.05, 0.1) is 11.8 Å². The van der Waals surface area contributed by atoms with Crippen molar-refractivity contribution in [2.24, 2.45) is 0 Å². The number of nitrogens with zero attached hydrogens (tertiary/aromatic N) is 3. The minimum absolute atomic E-state index is 0.0865. The van der Waals surface area contributed by atoms with E-state index in [2.05, 4.69) is 20.2 Å². The van der Waals surface area contributed by atoms with E-state index in [9.17, 15) is 9.90 Å². The third kappa shape index (κ3) is 4.64. The van der Waals surface area contributed by atoms with Gasteiger partial charge < -0.3 is 16.2 Å². The maximum atomic E-state index is 13.2. The molecule has 154 valence electrons. The van der Waals surface area contributed by atoms with Crippen LogP contribution in [0, 0.1) is 0 Å². The number of nitrogen functional groups attached to an aromatic ring is 1. The quantitative estimate of drug-likeness (QED) is 0.605. The van der Waals surface area contributed by atoms with E-state index in [0.717, 1.165) is 16.8 Å². The van der Waals surface area contributed by atoms with Crippen molar-refractivity contribution in [3.63, 3.8) is 0 Å². The van der Waals surface area contributed by atoms with Gasteiger partial charge >= 0.3 is 0 Å². The van der Waals surface area contributed by atoms with Crippen LogP contribution < -0.4 is 11.1 Å². The molecule has 0 radical (unpaired) electrons. The number of anilines is 2. The molecule has 1 unspecified atom stereocenters. The van der Waals surface area contributed by atoms with Gasteiger partial charge in [0.25, 0.3) is 0 Å². The predicted molar refractivity (Wildman–Crippen MR) is 117 cm³/mol. The topological polar surface area (TPSA) is 104 Å². The van der Waals surface area contributed by atoms with Crippen LogP contribution in [0.1, 0.15) is 24.4 Å². The molecule has 0 spiro atoms. The lowest BCUT2D eigenvalue weighted by atomic mass is 9.99. The molecular weight excluding hydrogens is 378 g/mol. The standard InChI is InChI=1S/C23H25N5O2/c24-23-25-13-10-20(27-23)16-6-8-18(9-7-16)26-22(30)21(17-4-2-1-3-5-17)28-14-11-19(29)12-15-28/h1-10,13,19,21,29H,11-12,14-15H2,(H,26,30)(H2,24,25,27). The first kappa shape index (κ1) is 20.0. The number of nitrogens with two attached hydrogens (primary N) is 1. The summed E-state index contributed by atoms with van der Waals surface area (Å²) in [6.45, 7) is 1.37. The third-order valence-electron chi connectivity index (χ3n) is 5.35. The number of carbonyl (C=O) groups is 1. The first-order valence-corrected chi connectivity index (χ1v) is 10.1. The molecule has 3 aromatic rings. The molecule has 2 aromatic carbocycles. The zero-order valence-electron chi connectivity index (χ0n) is 16.6. The summed E-state index contributed by atoms with van der Waals surface area (Å²) in [6.07, 6.45) is 2.68. The number of amides is 1. The van der Waals surface area contributed by atoms with Gasteiger partial charge in [-0.3, -0.25) is 9.69 Å². The first-order chi connectivity index (χ1) is 14.6. The molecule has 4 N–H and O–H groups in total. The molecule has 30 heavy (non-hydrogen) atoms. The molecule has 7 heteroatoms. The molecule has 1 aliphatic heterocycles. The van der Waals surface area contributed by atoms with Crippen molar-refractivity contribution in [1.29, 1.82) is 0 Å². The first-order valence-electron chi connectivity index (χ1n) is 10.1. The average molecular weight is 403 g/mol. The molecule has 4 rings (SSSR count). The number of aromatic nitrogens is 2. The summed E-state index contributed by atoms with van der Waals surface area (Å²) in [5.41, 5.74) is 8.94. The fraction of sp³-hybridized carbons (Fsp3) is 0.261. The largest absolute Gasteiger partial charge is 0.393 e. The summed E-state index contributed by atoms with van der Waals surface area (Å²) in [5, 5.41) is 12.9. The van der Waals surface area contributed by atoms with Crippen molar-refractivity contribution in [3.8, 4) is 11.3 Å². The summed E-state index contributed by atoms with van der Waals surface area (Å²) >= 11 is 0. The van der Waals surface area contributed by atoms with Crippen LogP contribution >= 0.6 is 0 Å². The number of likely N-dealkylation sites (tertiary alicyclic amines) is 1. The molecule has 2 heterocycles. The van der Waals surface area contributed by atoms with Gasteiger partial charge in [0.1, 0.15) is 6.04 Å². The Hall–Kier alpha value is -3.29. The molecule has 1 atom stereocenters. The van der Waals surface area contributed by atoms with E-state index in [4.69, 9.17) is 5.73 Å². The highest BCUT2D eigenvalue weighted by Crippen LogP contribution is 2.27. The number of aliphatic hydroxyl groups is 1. The molecule has 1 saturated heterocycles. The van der Waals surface area contributed by atoms with Gasteiger partial charge in [-0.25, -0.2) is 9.97 Å². The van der Waals surface area contributed by atoms with Crippen LogP contribution in [0.3, 0.4) is 0 Å². The van der Waals surface area contributed by atoms with Gasteiger partial charge in [-0.05, 0) is 36.6 Å². The second-order valence-electron chi connectivity index (χ2n) is 7.45. The number of carbonyl (C=O) groups excluding carboxylic acids is 1. The monoisotopic (exact) mass is 403 g/mol. The van der Waals surface area contributed by atoms with Crippen LogP contribution in [0.5, 0.6) is 0 Å². The zero-order valence-corrected chi connectivity index (χ0v) is 16.6. The molecular formula is C23H25N5O2. The number of piperidine rings is 1. The van der Waals surface area contributed by atoms with Crippen LogP contribution in [-0.4, -0.2) is 45.1 Å². The van der Waals surface area contributed by atoms with Crippen LogP contribution in [-0.2, 0) is 4.79 Å². The van der Waals surface area contributed by atoms with E-state index in [1.54, 1.807) is 12.3 Å². The van der Waals surface area contributed by atoms with Crippen molar-refractivity contribution in [3.05, 3.63) is 72.4 Å². The van der Waals surface area contributed by atoms with Crippen molar-refractivity contribution in [2.45, 2.75) is 25.0 Å². The number of benzene rings is 2. The Kier molecular flexibility index (Phi) is 6.02. The molecule has 1 aliphatic rings. The molecule has 0 bridgehead atoms. The fourth-order valence-corrected chi connectivity index (χ4v) is 3.78. The molecule has 0 aliphatic carbocycles. The highest BCUT2D eigenvalue weighted by molar-refractivity contribution is 5.95. The van der Waals surface area contributed by atoms with Gasteiger partial charge in [0.15, 0.2) is 0 Å². The van der Waals surface area contributed by atoms with E-state index >= 15 is 0 Å². The van der Waals surface area contributed by atoms with E-state index in [1.807, 2.05) is 54.6 Å². The number of aliphatic hydroxyl groups excluding tert-OH is 1. The molecule has 0 saturated carbocycles. The molecule has 1 amide bonds. The lowest BCUT2D eigenvalue weighted by Crippen LogP contribution is -2.43. The van der Waals surface area contributed by atoms with Gasteiger partial charge in [-0.15, -0.1) is 0 Å². The van der Waals surface area contributed by atoms with E-state index in [-0.39, 0.29) is 18.0 Å². The van der Waals surface area contributed by atoms with Crippen LogP contribution in [0.15, 0.2) is 66.9 Å². The summed E-state index contributed by atoms with van der Waals surface area (Å²) in [5.74, 6) is 0.138. The van der Waals surface area contributed by atoms with Crippen molar-refractivity contribution in [2.75, 3.05) is 24.1 Å². The number of rotatable bonds is 5. The number of hydrogen-bond donors (Lipinski definition) is 3. The maximum Gasteiger partial charge on any atom is 0.246 e. The lowest BCUT2D eigenvalue weighted by Gasteiger charge is -2.35. The highest BCUT2D eigenvalue weighted by Gasteiger charge is 2.30. The predicted octanol–water partition coefficient (Wildman–Crippen LogP) is 2.86. The maximum absolute atomic E-state index is 13.2. The van der Waals surface area contributed by atoms with Crippen LogP contribution in [0.4, 0.5) is 11.6 Å². The molecule has 1 fully saturated rings. The fourth-order valence-electron chi connectivity index (χ4n) is 3.78. The average Bonchev–Trinajstić information content (AvgIpc) is 2.77. The Morgan fingerprint density at radius 2 is 1.77 bits per heavy atom. The van der Waals surface area contributed by atoms with E-state index in [0.29, 0.717) is 31.6 Å². The Labute approximate surface area is 175 Å². The smallest absolute Gasteiger partial charge is 0.246 e. The van der Waals surface area contributed by atoms with Crippen molar-refractivity contribution >= 4 is 17.5 Å². The number of nitrogens with one attached hydrogen (secondary N) is 1. The summed E-state index contributed by atoms with van der Waals surface area (Å²) in [7, 11) is 0. The Morgan fingerprint density at radius 3 is 2.43 bits per heavy atom. The Bertz CT molecular complexity index is 986. The Balaban J connectivity index is 1.52. The van der Waals surface area contributed by atoms with Crippen LogP contribution in [0.2, 0.25) is 0 Å². The van der Waals surface area contributed by atoms with E-state index < -0.39 is 6.04 Å². The van der Waals surface area contributed by atoms with Crippen LogP contribution in [0.25, 0.3) is 11.3 Å². The third-order valence-corrected chi connectivity index (χ3v) is 5.35. The highest BCUT2D eigenvalue weighted by atomic mass is 16.3. The minimum Gasteiger partial charge on any atom is -0.393 e. The van der Waals surface area contributed by atoms with Gasteiger partial charge in [-0.1, -0.05) is 42.5 Å². The molecule has 1 aromatic heterocycles.